The zero-order valence-corrected chi connectivity index (χ0v) is 17.6. The molecule has 1 aromatic rings. The third kappa shape index (κ3) is 6.28. The molecule has 0 aromatic carbocycles. The van der Waals surface area contributed by atoms with E-state index in [1.54, 1.807) is 18.6 Å². The van der Waals surface area contributed by atoms with E-state index in [0.29, 0.717) is 32.9 Å². The number of aromatic nitrogens is 2. The molecule has 0 aliphatic carbocycles. The van der Waals surface area contributed by atoms with Crippen molar-refractivity contribution in [2.24, 2.45) is 5.92 Å². The smallest absolute Gasteiger partial charge is 0.475 e. The molecule has 3 aliphatic rings. The van der Waals surface area contributed by atoms with Crippen LogP contribution < -0.4 is 4.90 Å². The largest absolute Gasteiger partial charge is 0.490 e. The fourth-order valence-electron chi connectivity index (χ4n) is 4.23. The second kappa shape index (κ2) is 10.4. The van der Waals surface area contributed by atoms with Crippen LogP contribution in [-0.2, 0) is 19.1 Å². The molecule has 1 N–H and O–H groups in total. The van der Waals surface area contributed by atoms with Gasteiger partial charge in [-0.25, -0.2) is 9.78 Å². The van der Waals surface area contributed by atoms with Crippen LogP contribution in [0, 0.1) is 5.92 Å². The molecule has 9 nitrogen and oxygen atoms in total. The molecular weight excluding hydrogens is 433 g/mol. The van der Waals surface area contributed by atoms with E-state index in [-0.39, 0.29) is 17.4 Å². The predicted octanol–water partition coefficient (Wildman–Crippen LogP) is 1.73. The van der Waals surface area contributed by atoms with Gasteiger partial charge >= 0.3 is 12.1 Å². The topological polar surface area (TPSA) is 105 Å². The van der Waals surface area contributed by atoms with Crippen molar-refractivity contribution in [3.8, 4) is 0 Å². The quantitative estimate of drug-likeness (QED) is 0.712. The van der Waals surface area contributed by atoms with Crippen LogP contribution in [0.1, 0.15) is 25.7 Å². The van der Waals surface area contributed by atoms with Gasteiger partial charge in [0.15, 0.2) is 0 Å². The Labute approximate surface area is 183 Å². The van der Waals surface area contributed by atoms with Crippen LogP contribution in [0.15, 0.2) is 18.6 Å². The number of alkyl halides is 3. The summed E-state index contributed by atoms with van der Waals surface area (Å²) in [6.45, 7) is 5.12. The molecule has 1 atom stereocenters. The number of hydrogen-bond donors (Lipinski definition) is 1. The van der Waals surface area contributed by atoms with Crippen molar-refractivity contribution in [2.45, 2.75) is 37.5 Å². The summed E-state index contributed by atoms with van der Waals surface area (Å²) in [5, 5.41) is 7.12. The van der Waals surface area contributed by atoms with Gasteiger partial charge in [0, 0.05) is 44.6 Å². The summed E-state index contributed by atoms with van der Waals surface area (Å²) >= 11 is 0. The molecule has 12 heteroatoms. The summed E-state index contributed by atoms with van der Waals surface area (Å²) in [4.78, 5) is 34.7. The number of carbonyl (C=O) groups is 2. The van der Waals surface area contributed by atoms with Crippen molar-refractivity contribution in [3.63, 3.8) is 0 Å². The minimum atomic E-state index is -5.08. The number of rotatable bonds is 2. The van der Waals surface area contributed by atoms with Gasteiger partial charge in [-0.15, -0.1) is 0 Å². The normalized spacial score (nSPS) is 24.6. The molecule has 3 aliphatic heterocycles. The van der Waals surface area contributed by atoms with E-state index in [9.17, 15) is 18.0 Å². The fraction of sp³-hybridized carbons (Fsp3) is 0.700. The molecule has 0 bridgehead atoms. The first-order chi connectivity index (χ1) is 15.2. The predicted molar refractivity (Wildman–Crippen MR) is 106 cm³/mol. The number of nitrogens with zero attached hydrogens (tertiary/aromatic N) is 4. The summed E-state index contributed by atoms with van der Waals surface area (Å²) < 4.78 is 43.3. The molecule has 1 spiro atoms. The average molecular weight is 460 g/mol. The van der Waals surface area contributed by atoms with Crippen molar-refractivity contribution >= 4 is 17.7 Å². The summed E-state index contributed by atoms with van der Waals surface area (Å²) in [5.41, 5.74) is -0.283. The Morgan fingerprint density at radius 3 is 2.47 bits per heavy atom. The number of morpholine rings is 1. The van der Waals surface area contributed by atoms with Gasteiger partial charge < -0.3 is 24.4 Å². The molecule has 4 rings (SSSR count). The molecule has 1 amide bonds. The van der Waals surface area contributed by atoms with E-state index in [4.69, 9.17) is 19.4 Å². The van der Waals surface area contributed by atoms with Crippen LogP contribution in [0.5, 0.6) is 0 Å². The monoisotopic (exact) mass is 460 g/mol. The van der Waals surface area contributed by atoms with E-state index in [1.165, 1.54) is 0 Å². The van der Waals surface area contributed by atoms with Gasteiger partial charge in [-0.05, 0) is 25.7 Å². The molecule has 3 saturated heterocycles. The Hall–Kier alpha value is -2.47. The molecule has 0 saturated carbocycles. The van der Waals surface area contributed by atoms with Crippen LogP contribution in [0.2, 0.25) is 0 Å². The van der Waals surface area contributed by atoms with E-state index < -0.39 is 12.1 Å². The van der Waals surface area contributed by atoms with Gasteiger partial charge in [0.05, 0.1) is 25.9 Å². The second-order valence-electron chi connectivity index (χ2n) is 8.07. The highest BCUT2D eigenvalue weighted by Gasteiger charge is 2.43. The van der Waals surface area contributed by atoms with Crippen LogP contribution in [0.4, 0.5) is 19.0 Å². The maximum atomic E-state index is 12.9. The highest BCUT2D eigenvalue weighted by molar-refractivity contribution is 5.79. The van der Waals surface area contributed by atoms with Crippen molar-refractivity contribution in [3.05, 3.63) is 18.6 Å². The first-order valence-corrected chi connectivity index (χ1v) is 10.5. The van der Waals surface area contributed by atoms with Crippen molar-refractivity contribution < 1.29 is 37.3 Å². The summed E-state index contributed by atoms with van der Waals surface area (Å²) in [6, 6.07) is 0. The molecule has 178 valence electrons. The minimum Gasteiger partial charge on any atom is -0.475 e. The average Bonchev–Trinajstić information content (AvgIpc) is 2.79. The van der Waals surface area contributed by atoms with E-state index in [0.717, 1.165) is 44.6 Å². The highest BCUT2D eigenvalue weighted by atomic mass is 19.4. The van der Waals surface area contributed by atoms with E-state index in [2.05, 4.69) is 14.9 Å². The summed E-state index contributed by atoms with van der Waals surface area (Å²) in [7, 11) is 0. The Morgan fingerprint density at radius 2 is 1.84 bits per heavy atom. The molecule has 3 fully saturated rings. The lowest BCUT2D eigenvalue weighted by atomic mass is 9.89. The Kier molecular flexibility index (Phi) is 7.88. The van der Waals surface area contributed by atoms with Crippen LogP contribution in [0.25, 0.3) is 0 Å². The minimum absolute atomic E-state index is 0.114. The van der Waals surface area contributed by atoms with Gasteiger partial charge in [-0.3, -0.25) is 9.78 Å². The lowest BCUT2D eigenvalue weighted by Gasteiger charge is -2.48. The van der Waals surface area contributed by atoms with Gasteiger partial charge in [0.25, 0.3) is 0 Å². The number of aliphatic carboxylic acids is 1. The Morgan fingerprint density at radius 1 is 1.12 bits per heavy atom. The van der Waals surface area contributed by atoms with E-state index >= 15 is 0 Å². The first-order valence-electron chi connectivity index (χ1n) is 10.5. The van der Waals surface area contributed by atoms with Crippen LogP contribution in [-0.4, -0.2) is 89.6 Å². The number of carboxylic acid groups (broad SMARTS) is 1. The molecule has 32 heavy (non-hydrogen) atoms. The maximum Gasteiger partial charge on any atom is 0.490 e. The molecule has 1 unspecified atom stereocenters. The number of ether oxygens (including phenoxy) is 2. The first kappa shape index (κ1) is 24.2. The number of amides is 1. The lowest BCUT2D eigenvalue weighted by molar-refractivity contribution is -0.192. The SMILES string of the molecule is O=C(C1CCOCC1)N1CCOC2(CCCN(c3cnccn3)C2)C1.O=C(O)C(F)(F)F. The van der Waals surface area contributed by atoms with Crippen molar-refractivity contribution in [1.29, 1.82) is 0 Å². The number of carbonyl (C=O) groups excluding carboxylic acids is 1. The second-order valence-corrected chi connectivity index (χ2v) is 8.07. The van der Waals surface area contributed by atoms with Crippen molar-refractivity contribution in [2.75, 3.05) is 50.9 Å². The molecular formula is C20H27F3N4O5. The van der Waals surface area contributed by atoms with Gasteiger partial charge in [0.2, 0.25) is 5.91 Å². The fourth-order valence-corrected chi connectivity index (χ4v) is 4.23. The number of carboxylic acids is 1. The molecule has 4 heterocycles. The van der Waals surface area contributed by atoms with Crippen LogP contribution >= 0.6 is 0 Å². The number of hydrogen-bond acceptors (Lipinski definition) is 7. The standard InChI is InChI=1S/C18H26N4O3.C2HF3O2/c23-17(15-2-9-24-10-3-15)22-8-11-25-18(14-22)4-1-7-21(13-18)16-12-19-5-6-20-16;3-2(4,5)1(6)7/h5-6,12,15H,1-4,7-11,13-14H2;(H,6,7). The third-order valence-electron chi connectivity index (χ3n) is 5.79. The molecule has 1 aromatic heterocycles. The highest BCUT2D eigenvalue weighted by Crippen LogP contribution is 2.32. The van der Waals surface area contributed by atoms with Gasteiger partial charge in [-0.1, -0.05) is 0 Å². The summed E-state index contributed by atoms with van der Waals surface area (Å²) in [6.07, 6.45) is 3.84. The zero-order chi connectivity index (χ0) is 23.2. The van der Waals surface area contributed by atoms with E-state index in [1.807, 2.05) is 4.90 Å². The van der Waals surface area contributed by atoms with Gasteiger partial charge in [0.1, 0.15) is 11.4 Å². The molecule has 0 radical (unpaired) electrons. The van der Waals surface area contributed by atoms with Crippen molar-refractivity contribution in [1.82, 2.24) is 14.9 Å². The zero-order valence-electron chi connectivity index (χ0n) is 17.6. The number of piperidine rings is 1. The lowest BCUT2D eigenvalue weighted by Crippen LogP contribution is -2.61. The number of anilines is 1. The third-order valence-corrected chi connectivity index (χ3v) is 5.79. The Balaban J connectivity index is 0.000000360. The van der Waals surface area contributed by atoms with Crippen LogP contribution in [0.3, 0.4) is 0 Å². The number of halogens is 3. The Bertz CT molecular complexity index is 772. The van der Waals surface area contributed by atoms with Gasteiger partial charge in [-0.2, -0.15) is 13.2 Å². The summed E-state index contributed by atoms with van der Waals surface area (Å²) in [5.74, 6) is -1.48. The maximum absolute atomic E-state index is 12.9.